The van der Waals surface area contributed by atoms with Crippen LogP contribution in [0, 0.1) is 18.6 Å². The fraction of sp³-hybridized carbons (Fsp3) is 0.333. The van der Waals surface area contributed by atoms with Crippen molar-refractivity contribution in [3.63, 3.8) is 0 Å². The van der Waals surface area contributed by atoms with Crippen molar-refractivity contribution in [3.8, 4) is 0 Å². The lowest BCUT2D eigenvalue weighted by Gasteiger charge is -2.11. The smallest absolute Gasteiger partial charge is 0.147 e. The second-order valence-corrected chi connectivity index (χ2v) is 4.64. The molecule has 0 saturated carbocycles. The van der Waals surface area contributed by atoms with Crippen LogP contribution in [-0.2, 0) is 6.42 Å². The lowest BCUT2D eigenvalue weighted by molar-refractivity contribution is 0.595. The van der Waals surface area contributed by atoms with E-state index >= 15 is 0 Å². The number of hydrogen-bond acceptors (Lipinski definition) is 4. The van der Waals surface area contributed by atoms with E-state index in [-0.39, 0.29) is 11.3 Å². The highest BCUT2D eigenvalue weighted by molar-refractivity contribution is 5.60. The summed E-state index contributed by atoms with van der Waals surface area (Å²) in [6, 6.07) is 3.95. The molecule has 2 aromatic rings. The van der Waals surface area contributed by atoms with Gasteiger partial charge in [-0.05, 0) is 25.5 Å². The normalized spacial score (nSPS) is 10.5. The molecule has 0 bridgehead atoms. The molecule has 0 aliphatic heterocycles. The maximum Gasteiger partial charge on any atom is 0.147 e. The first kappa shape index (κ1) is 15.2. The van der Waals surface area contributed by atoms with Crippen molar-refractivity contribution < 1.29 is 8.78 Å². The molecule has 2 N–H and O–H groups in total. The van der Waals surface area contributed by atoms with Crippen LogP contribution >= 0.6 is 0 Å². The second kappa shape index (κ2) is 6.47. The minimum Gasteiger partial charge on any atom is -0.370 e. The van der Waals surface area contributed by atoms with E-state index in [0.29, 0.717) is 30.4 Å². The van der Waals surface area contributed by atoms with Crippen molar-refractivity contribution in [2.24, 2.45) is 0 Å². The van der Waals surface area contributed by atoms with E-state index < -0.39 is 11.6 Å². The maximum absolute atomic E-state index is 13.9. The van der Waals surface area contributed by atoms with Crippen molar-refractivity contribution in [2.45, 2.75) is 27.2 Å². The monoisotopic (exact) mass is 292 g/mol. The van der Waals surface area contributed by atoms with Crippen molar-refractivity contribution >= 4 is 17.3 Å². The quantitative estimate of drug-likeness (QED) is 0.880. The first-order valence-corrected chi connectivity index (χ1v) is 6.88. The van der Waals surface area contributed by atoms with Gasteiger partial charge < -0.3 is 10.6 Å². The van der Waals surface area contributed by atoms with Crippen LogP contribution in [0.4, 0.5) is 26.1 Å². The minimum absolute atomic E-state index is 0.0568. The number of aryl methyl sites for hydroxylation is 2. The van der Waals surface area contributed by atoms with Crippen molar-refractivity contribution in [2.75, 3.05) is 17.2 Å². The Balaban J connectivity index is 2.34. The average molecular weight is 292 g/mol. The average Bonchev–Trinajstić information content (AvgIpc) is 2.45. The predicted octanol–water partition coefficient (Wildman–Crippen LogP) is 3.80. The fourth-order valence-electron chi connectivity index (χ4n) is 1.87. The molecule has 0 unspecified atom stereocenters. The van der Waals surface area contributed by atoms with Gasteiger partial charge in [0.25, 0.3) is 0 Å². The number of anilines is 3. The molecule has 0 spiro atoms. The summed E-state index contributed by atoms with van der Waals surface area (Å²) in [5.74, 6) is 0.731. The Labute approximate surface area is 122 Å². The number of benzene rings is 1. The third kappa shape index (κ3) is 3.65. The van der Waals surface area contributed by atoms with Gasteiger partial charge in [-0.1, -0.05) is 6.92 Å². The van der Waals surface area contributed by atoms with Crippen molar-refractivity contribution in [1.29, 1.82) is 0 Å². The molecule has 0 saturated heterocycles. The van der Waals surface area contributed by atoms with Crippen molar-refractivity contribution in [1.82, 2.24) is 9.97 Å². The third-order valence-electron chi connectivity index (χ3n) is 2.96. The van der Waals surface area contributed by atoms with Crippen LogP contribution in [0.25, 0.3) is 0 Å². The van der Waals surface area contributed by atoms with Gasteiger partial charge in [0.05, 0.1) is 5.69 Å². The molecule has 21 heavy (non-hydrogen) atoms. The minimum atomic E-state index is -0.518. The van der Waals surface area contributed by atoms with Crippen LogP contribution in [0.5, 0.6) is 0 Å². The number of aromatic nitrogens is 2. The molecule has 6 heteroatoms. The first-order valence-electron chi connectivity index (χ1n) is 6.88. The lowest BCUT2D eigenvalue weighted by Crippen LogP contribution is -2.06. The van der Waals surface area contributed by atoms with Gasteiger partial charge in [0.15, 0.2) is 0 Å². The summed E-state index contributed by atoms with van der Waals surface area (Å²) in [4.78, 5) is 8.58. The van der Waals surface area contributed by atoms with E-state index in [9.17, 15) is 8.78 Å². The molecular formula is C15H18F2N4. The standard InChI is InChI=1S/C15H18F2N4/c1-4-13-20-14(18-5-2)8-15(21-13)19-12-7-10(16)9(3)6-11(12)17/h6-8H,4-5H2,1-3H3,(H2,18,19,20,21). The largest absolute Gasteiger partial charge is 0.370 e. The molecule has 0 atom stereocenters. The Kier molecular flexibility index (Phi) is 4.67. The van der Waals surface area contributed by atoms with Gasteiger partial charge in [-0.3, -0.25) is 0 Å². The van der Waals surface area contributed by atoms with Crippen LogP contribution in [-0.4, -0.2) is 16.5 Å². The molecule has 1 heterocycles. The number of rotatable bonds is 5. The van der Waals surface area contributed by atoms with Gasteiger partial charge in [-0.15, -0.1) is 0 Å². The zero-order valence-corrected chi connectivity index (χ0v) is 12.3. The van der Waals surface area contributed by atoms with Gasteiger partial charge >= 0.3 is 0 Å². The molecule has 0 aliphatic rings. The van der Waals surface area contributed by atoms with E-state index in [4.69, 9.17) is 0 Å². The summed E-state index contributed by atoms with van der Waals surface area (Å²) in [7, 11) is 0. The molecule has 0 aliphatic carbocycles. The molecule has 0 fully saturated rings. The van der Waals surface area contributed by atoms with E-state index in [2.05, 4.69) is 20.6 Å². The molecule has 112 valence electrons. The van der Waals surface area contributed by atoms with Gasteiger partial charge in [0, 0.05) is 25.1 Å². The summed E-state index contributed by atoms with van der Waals surface area (Å²) in [5.41, 5.74) is 0.324. The SMILES string of the molecule is CCNc1cc(Nc2cc(F)c(C)cc2F)nc(CC)n1. The second-order valence-electron chi connectivity index (χ2n) is 4.64. The highest BCUT2D eigenvalue weighted by Gasteiger charge is 2.10. The maximum atomic E-state index is 13.9. The third-order valence-corrected chi connectivity index (χ3v) is 2.96. The Bertz CT molecular complexity index is 644. The summed E-state index contributed by atoms with van der Waals surface area (Å²) >= 11 is 0. The zero-order valence-electron chi connectivity index (χ0n) is 12.3. The van der Waals surface area contributed by atoms with E-state index in [1.54, 1.807) is 6.07 Å². The van der Waals surface area contributed by atoms with Crippen LogP contribution in [0.15, 0.2) is 18.2 Å². The molecule has 2 rings (SSSR count). The van der Waals surface area contributed by atoms with Crippen LogP contribution in [0.1, 0.15) is 25.2 Å². The number of nitrogens with zero attached hydrogens (tertiary/aromatic N) is 2. The first-order chi connectivity index (χ1) is 10.0. The molecule has 1 aromatic carbocycles. The summed E-state index contributed by atoms with van der Waals surface area (Å²) in [6.07, 6.45) is 0.651. The molecule has 4 nitrogen and oxygen atoms in total. The van der Waals surface area contributed by atoms with Crippen LogP contribution < -0.4 is 10.6 Å². The van der Waals surface area contributed by atoms with Gasteiger partial charge in [-0.2, -0.15) is 0 Å². The number of hydrogen-bond donors (Lipinski definition) is 2. The van der Waals surface area contributed by atoms with Crippen LogP contribution in [0.2, 0.25) is 0 Å². The predicted molar refractivity (Wildman–Crippen MR) is 80.0 cm³/mol. The van der Waals surface area contributed by atoms with Crippen LogP contribution in [0.3, 0.4) is 0 Å². The molecule has 0 radical (unpaired) electrons. The topological polar surface area (TPSA) is 49.8 Å². The Hall–Kier alpha value is -2.24. The van der Waals surface area contributed by atoms with E-state index in [0.717, 1.165) is 12.1 Å². The van der Waals surface area contributed by atoms with Gasteiger partial charge in [0.2, 0.25) is 0 Å². The number of halogens is 2. The molecule has 0 amide bonds. The number of nitrogens with one attached hydrogen (secondary N) is 2. The van der Waals surface area contributed by atoms with Gasteiger partial charge in [-0.25, -0.2) is 18.7 Å². The molecular weight excluding hydrogens is 274 g/mol. The fourth-order valence-corrected chi connectivity index (χ4v) is 1.87. The Morgan fingerprint density at radius 1 is 1.00 bits per heavy atom. The highest BCUT2D eigenvalue weighted by atomic mass is 19.1. The Morgan fingerprint density at radius 3 is 2.38 bits per heavy atom. The lowest BCUT2D eigenvalue weighted by atomic mass is 10.2. The van der Waals surface area contributed by atoms with Gasteiger partial charge in [0.1, 0.15) is 29.1 Å². The summed E-state index contributed by atoms with van der Waals surface area (Å²) < 4.78 is 27.4. The Morgan fingerprint density at radius 2 is 1.71 bits per heavy atom. The highest BCUT2D eigenvalue weighted by Crippen LogP contribution is 2.23. The zero-order chi connectivity index (χ0) is 15.4. The molecule has 1 aromatic heterocycles. The van der Waals surface area contributed by atoms with E-state index in [1.807, 2.05) is 13.8 Å². The van der Waals surface area contributed by atoms with Crippen molar-refractivity contribution in [3.05, 3.63) is 41.2 Å². The van der Waals surface area contributed by atoms with E-state index in [1.165, 1.54) is 6.92 Å². The summed E-state index contributed by atoms with van der Waals surface area (Å²) in [6.45, 7) is 6.12. The summed E-state index contributed by atoms with van der Waals surface area (Å²) in [5, 5.41) is 5.89.